The van der Waals surface area contributed by atoms with Gasteiger partial charge in [-0.2, -0.15) is 0 Å². The number of hydrogen-bond acceptors (Lipinski definition) is 3. The number of carboxylic acid groups (broad SMARTS) is 3. The van der Waals surface area contributed by atoms with Crippen molar-refractivity contribution in [1.82, 2.24) is 0 Å². The summed E-state index contributed by atoms with van der Waals surface area (Å²) in [6.07, 6.45) is 6.66. The van der Waals surface area contributed by atoms with Crippen LogP contribution in [0.2, 0.25) is 0 Å². The Bertz CT molecular complexity index is 248. The minimum atomic E-state index is -1.08. The number of carbonyl (C=O) groups is 3. The second kappa shape index (κ2) is 14.5. The first kappa shape index (κ1) is 19.7. The molecule has 0 atom stereocenters. The molecule has 0 saturated heterocycles. The Morgan fingerprint density at radius 2 is 1.00 bits per heavy atom. The van der Waals surface area contributed by atoms with Crippen molar-refractivity contribution in [2.24, 2.45) is 0 Å². The van der Waals surface area contributed by atoms with Crippen LogP contribution in [0.5, 0.6) is 0 Å². The van der Waals surface area contributed by atoms with Gasteiger partial charge in [-0.05, 0) is 6.42 Å². The summed E-state index contributed by atoms with van der Waals surface area (Å²) in [5.41, 5.74) is 0. The quantitative estimate of drug-likeness (QED) is 0.529. The van der Waals surface area contributed by atoms with Crippen molar-refractivity contribution in [3.05, 3.63) is 0 Å². The van der Waals surface area contributed by atoms with Gasteiger partial charge < -0.3 is 15.3 Å². The van der Waals surface area contributed by atoms with Crippen LogP contribution in [-0.4, -0.2) is 33.2 Å². The van der Waals surface area contributed by atoms with Crippen LogP contribution in [-0.2, 0) is 14.4 Å². The maximum Gasteiger partial charge on any atom is 0.303 e. The van der Waals surface area contributed by atoms with Crippen molar-refractivity contribution < 1.29 is 29.7 Å². The van der Waals surface area contributed by atoms with E-state index in [4.69, 9.17) is 15.3 Å². The molecule has 0 aromatic heterocycles. The lowest BCUT2D eigenvalue weighted by molar-refractivity contribution is -0.143. The molecule has 3 N–H and O–H groups in total. The molecule has 0 rings (SSSR count). The molecule has 0 amide bonds. The summed E-state index contributed by atoms with van der Waals surface area (Å²) in [6.45, 7) is 2.18. The first-order chi connectivity index (χ1) is 8.90. The minimum absolute atomic E-state index is 0.296. The second-order valence-electron chi connectivity index (χ2n) is 4.20. The smallest absolute Gasteiger partial charge is 0.303 e. The lowest BCUT2D eigenvalue weighted by atomic mass is 10.1. The van der Waals surface area contributed by atoms with E-state index in [9.17, 15) is 14.4 Å². The largest absolute Gasteiger partial charge is 0.481 e. The molecule has 0 unspecified atom stereocenters. The molecular weight excluding hydrogens is 252 g/mol. The van der Waals surface area contributed by atoms with Gasteiger partial charge in [-0.1, -0.05) is 39.0 Å². The van der Waals surface area contributed by atoms with Crippen LogP contribution in [0, 0.1) is 0 Å². The number of rotatable bonds is 10. The Morgan fingerprint density at radius 3 is 1.37 bits per heavy atom. The van der Waals surface area contributed by atoms with E-state index in [1.54, 1.807) is 0 Å². The molecule has 0 aromatic rings. The predicted molar refractivity (Wildman–Crippen MR) is 70.1 cm³/mol. The summed E-state index contributed by atoms with van der Waals surface area (Å²) < 4.78 is 0. The lowest BCUT2D eigenvalue weighted by Gasteiger charge is -1.97. The molecule has 6 heteroatoms. The molecule has 0 aliphatic heterocycles. The monoisotopic (exact) mass is 276 g/mol. The summed E-state index contributed by atoms with van der Waals surface area (Å²) in [5.74, 6) is -2.82. The van der Waals surface area contributed by atoms with Gasteiger partial charge in [0, 0.05) is 6.42 Å². The highest BCUT2D eigenvalue weighted by Crippen LogP contribution is 2.06. The van der Waals surface area contributed by atoms with E-state index in [-0.39, 0.29) is 12.8 Å². The normalized spacial score (nSPS) is 9.32. The molecule has 19 heavy (non-hydrogen) atoms. The molecule has 0 saturated carbocycles. The second-order valence-corrected chi connectivity index (χ2v) is 4.20. The first-order valence-electron chi connectivity index (χ1n) is 6.55. The molecule has 0 radical (unpaired) electrons. The van der Waals surface area contributed by atoms with Gasteiger partial charge >= 0.3 is 17.9 Å². The maximum absolute atomic E-state index is 10.1. The van der Waals surface area contributed by atoms with Crippen LogP contribution in [0.3, 0.4) is 0 Å². The number of hydrogen-bond donors (Lipinski definition) is 3. The summed E-state index contributed by atoms with van der Waals surface area (Å²) >= 11 is 0. The molecule has 0 aliphatic rings. The van der Waals surface area contributed by atoms with Gasteiger partial charge in [0.05, 0.1) is 12.8 Å². The van der Waals surface area contributed by atoms with E-state index < -0.39 is 17.9 Å². The van der Waals surface area contributed by atoms with Gasteiger partial charge in [0.15, 0.2) is 0 Å². The zero-order chi connectivity index (χ0) is 15.1. The zero-order valence-corrected chi connectivity index (χ0v) is 11.4. The van der Waals surface area contributed by atoms with Gasteiger partial charge in [0.2, 0.25) is 0 Å². The molecule has 0 aromatic carbocycles. The number of aliphatic carboxylic acids is 3. The minimum Gasteiger partial charge on any atom is -0.481 e. The van der Waals surface area contributed by atoms with Crippen molar-refractivity contribution in [2.75, 3.05) is 0 Å². The fourth-order valence-electron chi connectivity index (χ4n) is 1.27. The highest BCUT2D eigenvalue weighted by atomic mass is 16.4. The van der Waals surface area contributed by atoms with Crippen LogP contribution < -0.4 is 0 Å². The van der Waals surface area contributed by atoms with Gasteiger partial charge in [0.25, 0.3) is 0 Å². The molecule has 6 nitrogen and oxygen atoms in total. The maximum atomic E-state index is 10.1. The predicted octanol–water partition coefficient (Wildman–Crippen LogP) is 2.76. The Balaban J connectivity index is 0. The molecule has 0 aliphatic carbocycles. The van der Waals surface area contributed by atoms with Gasteiger partial charge in [-0.15, -0.1) is 0 Å². The average molecular weight is 276 g/mol. The van der Waals surface area contributed by atoms with Crippen molar-refractivity contribution >= 4 is 17.9 Å². The Morgan fingerprint density at radius 1 is 0.632 bits per heavy atom. The standard InChI is InChI=1S/C9H18O2.C4H6O4/c1-2-3-4-5-6-7-8-9(10)11;5-3(6)1-2-4(7)8/h2-8H2,1H3,(H,10,11);1-2H2,(H,5,6)(H,7,8). The fraction of sp³-hybridized carbons (Fsp3) is 0.769. The number of carboxylic acids is 3. The van der Waals surface area contributed by atoms with E-state index in [1.165, 1.54) is 25.7 Å². The van der Waals surface area contributed by atoms with Crippen LogP contribution >= 0.6 is 0 Å². The van der Waals surface area contributed by atoms with Crippen molar-refractivity contribution in [2.45, 2.75) is 64.7 Å². The SMILES string of the molecule is CCCCCCCCC(=O)O.O=C(O)CCC(=O)O. The molecule has 0 spiro atoms. The summed E-state index contributed by atoms with van der Waals surface area (Å²) in [6, 6.07) is 0. The summed E-state index contributed by atoms with van der Waals surface area (Å²) in [4.78, 5) is 29.4. The van der Waals surface area contributed by atoms with E-state index >= 15 is 0 Å². The van der Waals surface area contributed by atoms with Crippen molar-refractivity contribution in [3.63, 3.8) is 0 Å². The topological polar surface area (TPSA) is 112 Å². The Kier molecular flexibility index (Phi) is 15.0. The molecule has 112 valence electrons. The number of unbranched alkanes of at least 4 members (excludes halogenated alkanes) is 5. The fourth-order valence-corrected chi connectivity index (χ4v) is 1.27. The highest BCUT2D eigenvalue weighted by molar-refractivity contribution is 5.75. The summed E-state index contributed by atoms with van der Waals surface area (Å²) in [7, 11) is 0. The van der Waals surface area contributed by atoms with Crippen molar-refractivity contribution in [1.29, 1.82) is 0 Å². The van der Waals surface area contributed by atoms with E-state index in [1.807, 2.05) is 0 Å². The molecular formula is C13H24O6. The van der Waals surface area contributed by atoms with Gasteiger partial charge in [-0.25, -0.2) is 0 Å². The molecule has 0 fully saturated rings. The third-order valence-corrected chi connectivity index (χ3v) is 2.30. The van der Waals surface area contributed by atoms with E-state index in [2.05, 4.69) is 6.92 Å². The van der Waals surface area contributed by atoms with Crippen LogP contribution in [0.15, 0.2) is 0 Å². The lowest BCUT2D eigenvalue weighted by Crippen LogP contribution is -2.00. The van der Waals surface area contributed by atoms with Crippen LogP contribution in [0.25, 0.3) is 0 Å². The average Bonchev–Trinajstić information content (AvgIpc) is 2.31. The Hall–Kier alpha value is -1.59. The highest BCUT2D eigenvalue weighted by Gasteiger charge is 2.00. The van der Waals surface area contributed by atoms with E-state index in [0.29, 0.717) is 6.42 Å². The van der Waals surface area contributed by atoms with E-state index in [0.717, 1.165) is 12.8 Å². The molecule has 0 bridgehead atoms. The van der Waals surface area contributed by atoms with Gasteiger partial charge in [0.1, 0.15) is 0 Å². The van der Waals surface area contributed by atoms with Crippen LogP contribution in [0.1, 0.15) is 64.7 Å². The third kappa shape index (κ3) is 26.2. The van der Waals surface area contributed by atoms with Gasteiger partial charge in [-0.3, -0.25) is 14.4 Å². The third-order valence-electron chi connectivity index (χ3n) is 2.30. The zero-order valence-electron chi connectivity index (χ0n) is 11.4. The molecule has 0 heterocycles. The van der Waals surface area contributed by atoms with Crippen molar-refractivity contribution in [3.8, 4) is 0 Å². The first-order valence-corrected chi connectivity index (χ1v) is 6.55. The summed E-state index contributed by atoms with van der Waals surface area (Å²) in [5, 5.41) is 24.1. The van der Waals surface area contributed by atoms with Crippen LogP contribution in [0.4, 0.5) is 0 Å². The Labute approximate surface area is 113 Å².